The van der Waals surface area contributed by atoms with E-state index in [1.165, 1.54) is 6.20 Å². The number of hydrogen-bond donors (Lipinski definition) is 0. The van der Waals surface area contributed by atoms with Crippen molar-refractivity contribution < 1.29 is 28.5 Å². The van der Waals surface area contributed by atoms with Crippen LogP contribution in [0.5, 0.6) is 11.5 Å². The molecule has 1 aromatic carbocycles. The molecule has 0 bridgehead atoms. The fourth-order valence-electron chi connectivity index (χ4n) is 2.45. The molecule has 2 aromatic rings. The number of aromatic nitrogens is 1. The standard InChI is InChI=1S/C19H24N2O6S/c1-5-26-17(22)12-21(19-20-10-16(28-19)18(23)27-6-2)11-13-7-8-14(24-3)9-15(13)25-4/h7-10H,5-6,11-12H2,1-4H3. The Kier molecular flexibility index (Phi) is 8.06. The summed E-state index contributed by atoms with van der Waals surface area (Å²) in [4.78, 5) is 30.4. The van der Waals surface area contributed by atoms with Crippen LogP contribution in [0.1, 0.15) is 29.1 Å². The second-order valence-corrected chi connectivity index (χ2v) is 6.58. The highest BCUT2D eigenvalue weighted by atomic mass is 32.1. The van der Waals surface area contributed by atoms with E-state index in [0.717, 1.165) is 16.9 Å². The van der Waals surface area contributed by atoms with Crippen LogP contribution in [0.15, 0.2) is 24.4 Å². The van der Waals surface area contributed by atoms with E-state index in [4.69, 9.17) is 18.9 Å². The maximum atomic E-state index is 12.1. The number of rotatable bonds is 10. The predicted molar refractivity (Wildman–Crippen MR) is 105 cm³/mol. The summed E-state index contributed by atoms with van der Waals surface area (Å²) in [6.07, 6.45) is 1.45. The minimum absolute atomic E-state index is 0.0151. The Morgan fingerprint density at radius 1 is 1.11 bits per heavy atom. The molecule has 0 fully saturated rings. The summed E-state index contributed by atoms with van der Waals surface area (Å²) in [5.74, 6) is 0.457. The van der Waals surface area contributed by atoms with E-state index in [1.54, 1.807) is 39.0 Å². The molecule has 0 saturated heterocycles. The van der Waals surface area contributed by atoms with Gasteiger partial charge in [-0.15, -0.1) is 0 Å². The van der Waals surface area contributed by atoms with E-state index in [1.807, 2.05) is 12.1 Å². The molecule has 2 rings (SSSR count). The van der Waals surface area contributed by atoms with Gasteiger partial charge in [0.05, 0.1) is 33.6 Å². The largest absolute Gasteiger partial charge is 0.497 e. The lowest BCUT2D eigenvalue weighted by Crippen LogP contribution is -2.30. The van der Waals surface area contributed by atoms with Crippen molar-refractivity contribution in [1.29, 1.82) is 0 Å². The second-order valence-electron chi connectivity index (χ2n) is 5.57. The molecule has 0 radical (unpaired) electrons. The van der Waals surface area contributed by atoms with Gasteiger partial charge in [0.1, 0.15) is 22.9 Å². The summed E-state index contributed by atoms with van der Waals surface area (Å²) in [7, 11) is 3.14. The molecule has 1 aromatic heterocycles. The monoisotopic (exact) mass is 408 g/mol. The van der Waals surface area contributed by atoms with Gasteiger partial charge in [0, 0.05) is 18.2 Å². The van der Waals surface area contributed by atoms with Crippen molar-refractivity contribution in [2.45, 2.75) is 20.4 Å². The number of carbonyl (C=O) groups excluding carboxylic acids is 2. The molecule has 8 nitrogen and oxygen atoms in total. The maximum absolute atomic E-state index is 12.1. The number of thiazole rings is 1. The topological polar surface area (TPSA) is 87.2 Å². The Labute approximate surface area is 168 Å². The average Bonchev–Trinajstić information content (AvgIpc) is 3.18. The van der Waals surface area contributed by atoms with Gasteiger partial charge in [0.2, 0.25) is 0 Å². The number of nitrogens with zero attached hydrogens (tertiary/aromatic N) is 2. The molecule has 28 heavy (non-hydrogen) atoms. The van der Waals surface area contributed by atoms with Crippen LogP contribution < -0.4 is 14.4 Å². The van der Waals surface area contributed by atoms with Gasteiger partial charge in [-0.3, -0.25) is 4.79 Å². The van der Waals surface area contributed by atoms with Crippen molar-refractivity contribution in [3.63, 3.8) is 0 Å². The zero-order valence-electron chi connectivity index (χ0n) is 16.4. The average molecular weight is 408 g/mol. The van der Waals surface area contributed by atoms with Gasteiger partial charge in [-0.2, -0.15) is 0 Å². The summed E-state index contributed by atoms with van der Waals surface area (Å²) >= 11 is 1.16. The smallest absolute Gasteiger partial charge is 0.350 e. The molecule has 152 valence electrons. The molecular weight excluding hydrogens is 384 g/mol. The maximum Gasteiger partial charge on any atom is 0.350 e. The van der Waals surface area contributed by atoms with Crippen LogP contribution in [0.2, 0.25) is 0 Å². The highest BCUT2D eigenvalue weighted by Gasteiger charge is 2.20. The quantitative estimate of drug-likeness (QED) is 0.555. The van der Waals surface area contributed by atoms with E-state index in [2.05, 4.69) is 4.98 Å². The molecular formula is C19H24N2O6S. The fraction of sp³-hybridized carbons (Fsp3) is 0.421. The van der Waals surface area contributed by atoms with Gasteiger partial charge < -0.3 is 23.8 Å². The van der Waals surface area contributed by atoms with Crippen LogP contribution in [0, 0.1) is 0 Å². The lowest BCUT2D eigenvalue weighted by atomic mass is 10.2. The Bertz CT molecular complexity index is 807. The summed E-state index contributed by atoms with van der Waals surface area (Å²) in [5.41, 5.74) is 0.834. The Morgan fingerprint density at radius 3 is 2.50 bits per heavy atom. The van der Waals surface area contributed by atoms with Crippen molar-refractivity contribution >= 4 is 28.4 Å². The number of carbonyl (C=O) groups is 2. The molecule has 0 aliphatic rings. The number of benzene rings is 1. The summed E-state index contributed by atoms with van der Waals surface area (Å²) < 4.78 is 20.7. The van der Waals surface area contributed by atoms with Gasteiger partial charge in [-0.25, -0.2) is 9.78 Å². The summed E-state index contributed by atoms with van der Waals surface area (Å²) in [6.45, 7) is 4.37. The van der Waals surface area contributed by atoms with E-state index < -0.39 is 5.97 Å². The number of ether oxygens (including phenoxy) is 4. The zero-order chi connectivity index (χ0) is 20.5. The van der Waals surface area contributed by atoms with E-state index in [9.17, 15) is 9.59 Å². The van der Waals surface area contributed by atoms with Crippen LogP contribution >= 0.6 is 11.3 Å². The van der Waals surface area contributed by atoms with Gasteiger partial charge in [-0.05, 0) is 26.0 Å². The van der Waals surface area contributed by atoms with Crippen molar-refractivity contribution in [3.05, 3.63) is 34.8 Å². The van der Waals surface area contributed by atoms with Gasteiger partial charge in [0.25, 0.3) is 0 Å². The summed E-state index contributed by atoms with van der Waals surface area (Å²) in [5, 5.41) is 0.508. The molecule has 0 unspecified atom stereocenters. The Morgan fingerprint density at radius 2 is 1.86 bits per heavy atom. The third-order valence-corrected chi connectivity index (χ3v) is 4.76. The first-order chi connectivity index (χ1) is 13.5. The third kappa shape index (κ3) is 5.59. The fourth-order valence-corrected chi connectivity index (χ4v) is 3.26. The van der Waals surface area contributed by atoms with Gasteiger partial charge in [0.15, 0.2) is 5.13 Å². The molecule has 0 N–H and O–H groups in total. The molecule has 0 aliphatic heterocycles. The van der Waals surface area contributed by atoms with Crippen LogP contribution in [0.25, 0.3) is 0 Å². The van der Waals surface area contributed by atoms with Crippen molar-refractivity contribution in [3.8, 4) is 11.5 Å². The van der Waals surface area contributed by atoms with Gasteiger partial charge >= 0.3 is 11.9 Å². The minimum Gasteiger partial charge on any atom is -0.497 e. The molecule has 0 spiro atoms. The number of methoxy groups -OCH3 is 2. The molecule has 1 heterocycles. The lowest BCUT2D eigenvalue weighted by Gasteiger charge is -2.22. The van der Waals surface area contributed by atoms with Crippen LogP contribution in [-0.4, -0.2) is 50.9 Å². The first-order valence-corrected chi connectivity index (χ1v) is 9.58. The second kappa shape index (κ2) is 10.5. The zero-order valence-corrected chi connectivity index (χ0v) is 17.2. The van der Waals surface area contributed by atoms with Crippen molar-refractivity contribution in [1.82, 2.24) is 4.98 Å². The molecule has 9 heteroatoms. The van der Waals surface area contributed by atoms with E-state index >= 15 is 0 Å². The van der Waals surface area contributed by atoms with Crippen molar-refractivity contribution in [2.75, 3.05) is 38.9 Å². The first kappa shape index (κ1) is 21.5. The SMILES string of the molecule is CCOC(=O)CN(Cc1ccc(OC)cc1OC)c1ncc(C(=O)OCC)s1. The third-order valence-electron chi connectivity index (χ3n) is 3.72. The normalized spacial score (nSPS) is 10.3. The number of esters is 2. The predicted octanol–water partition coefficient (Wildman–Crippen LogP) is 2.91. The molecule has 0 saturated carbocycles. The van der Waals surface area contributed by atoms with E-state index in [-0.39, 0.29) is 25.7 Å². The molecule has 0 atom stereocenters. The van der Waals surface area contributed by atoms with Crippen molar-refractivity contribution in [2.24, 2.45) is 0 Å². The Balaban J connectivity index is 2.30. The van der Waals surface area contributed by atoms with Crippen LogP contribution in [0.4, 0.5) is 5.13 Å². The first-order valence-electron chi connectivity index (χ1n) is 8.76. The van der Waals surface area contributed by atoms with Crippen LogP contribution in [-0.2, 0) is 20.8 Å². The molecule has 0 aliphatic carbocycles. The number of hydrogen-bond acceptors (Lipinski definition) is 9. The number of anilines is 1. The minimum atomic E-state index is -0.440. The lowest BCUT2D eigenvalue weighted by molar-refractivity contribution is -0.141. The highest BCUT2D eigenvalue weighted by molar-refractivity contribution is 7.17. The molecule has 0 amide bonds. The van der Waals surface area contributed by atoms with E-state index in [0.29, 0.717) is 28.1 Å². The van der Waals surface area contributed by atoms with Crippen LogP contribution in [0.3, 0.4) is 0 Å². The van der Waals surface area contributed by atoms with Gasteiger partial charge in [-0.1, -0.05) is 11.3 Å². The summed E-state index contributed by atoms with van der Waals surface area (Å²) in [6, 6.07) is 5.44. The Hall–Kier alpha value is -2.81. The highest BCUT2D eigenvalue weighted by Crippen LogP contribution is 2.29.